The molecule has 1 aromatic heterocycles. The largest absolute Gasteiger partial charge is 0.496 e. The summed E-state index contributed by atoms with van der Waals surface area (Å²) < 4.78 is 18.6. The van der Waals surface area contributed by atoms with E-state index in [0.717, 1.165) is 22.3 Å². The van der Waals surface area contributed by atoms with Crippen LogP contribution >= 0.6 is 0 Å². The first kappa shape index (κ1) is 16.1. The first-order chi connectivity index (χ1) is 11.6. The van der Waals surface area contributed by atoms with E-state index >= 15 is 0 Å². The molecule has 0 unspecified atom stereocenters. The number of benzene rings is 2. The fourth-order valence-electron chi connectivity index (χ4n) is 2.85. The van der Waals surface area contributed by atoms with E-state index in [1.165, 1.54) is 12.1 Å². The zero-order chi connectivity index (χ0) is 17.1. The van der Waals surface area contributed by atoms with E-state index in [-0.39, 0.29) is 11.7 Å². The third-order valence-corrected chi connectivity index (χ3v) is 4.12. The summed E-state index contributed by atoms with van der Waals surface area (Å²) in [7, 11) is 1.63. The molecule has 124 valence electrons. The van der Waals surface area contributed by atoms with Crippen LogP contribution in [0.1, 0.15) is 21.6 Å². The van der Waals surface area contributed by atoms with E-state index in [4.69, 9.17) is 4.74 Å². The second-order valence-electron chi connectivity index (χ2n) is 5.63. The molecule has 0 spiro atoms. The van der Waals surface area contributed by atoms with Crippen LogP contribution in [-0.2, 0) is 6.42 Å². The van der Waals surface area contributed by atoms with Crippen molar-refractivity contribution in [3.8, 4) is 5.75 Å². The van der Waals surface area contributed by atoms with Crippen molar-refractivity contribution in [2.75, 3.05) is 13.7 Å². The number of aryl methyl sites for hydroxylation is 1. The number of carbonyl (C=O) groups excluding carboxylic acids is 1. The van der Waals surface area contributed by atoms with Crippen LogP contribution in [0.2, 0.25) is 0 Å². The molecule has 0 aliphatic carbocycles. The fraction of sp³-hybridized carbons (Fsp3) is 0.211. The van der Waals surface area contributed by atoms with Gasteiger partial charge < -0.3 is 15.0 Å². The molecule has 5 heteroatoms. The zero-order valence-electron chi connectivity index (χ0n) is 13.7. The van der Waals surface area contributed by atoms with E-state index in [1.807, 2.05) is 31.2 Å². The minimum atomic E-state index is -0.327. The summed E-state index contributed by atoms with van der Waals surface area (Å²) in [5, 5.41) is 3.75. The molecule has 4 nitrogen and oxygen atoms in total. The summed E-state index contributed by atoms with van der Waals surface area (Å²) in [5.41, 5.74) is 2.95. The van der Waals surface area contributed by atoms with E-state index in [2.05, 4.69) is 10.3 Å². The highest BCUT2D eigenvalue weighted by Crippen LogP contribution is 2.22. The summed E-state index contributed by atoms with van der Waals surface area (Å²) >= 11 is 0. The van der Waals surface area contributed by atoms with Crippen LogP contribution in [0, 0.1) is 12.7 Å². The predicted octanol–water partition coefficient (Wildman–Crippen LogP) is 3.60. The van der Waals surface area contributed by atoms with E-state index in [9.17, 15) is 9.18 Å². The molecule has 3 aromatic rings. The number of ether oxygens (including phenoxy) is 1. The number of para-hydroxylation sites is 1. The molecule has 0 aliphatic heterocycles. The predicted molar refractivity (Wildman–Crippen MR) is 92.0 cm³/mol. The average Bonchev–Trinajstić information content (AvgIpc) is 2.91. The highest BCUT2D eigenvalue weighted by molar-refractivity contribution is 6.00. The van der Waals surface area contributed by atoms with Crippen molar-refractivity contribution in [3.05, 3.63) is 65.1 Å². The third-order valence-electron chi connectivity index (χ3n) is 4.12. The second kappa shape index (κ2) is 6.74. The Morgan fingerprint density at radius 2 is 2.04 bits per heavy atom. The maximum Gasteiger partial charge on any atom is 0.268 e. The molecule has 0 radical (unpaired) electrons. The van der Waals surface area contributed by atoms with Crippen molar-refractivity contribution >= 4 is 16.8 Å². The fourth-order valence-corrected chi connectivity index (χ4v) is 2.85. The Morgan fingerprint density at radius 1 is 1.25 bits per heavy atom. The number of rotatable bonds is 5. The Labute approximate surface area is 139 Å². The first-order valence-electron chi connectivity index (χ1n) is 7.78. The molecule has 0 atom stereocenters. The van der Waals surface area contributed by atoms with Crippen molar-refractivity contribution in [3.63, 3.8) is 0 Å². The Morgan fingerprint density at radius 3 is 2.83 bits per heavy atom. The molecule has 3 rings (SSSR count). The number of hydrogen-bond acceptors (Lipinski definition) is 2. The minimum Gasteiger partial charge on any atom is -0.496 e. The normalized spacial score (nSPS) is 10.8. The van der Waals surface area contributed by atoms with Gasteiger partial charge in [0.2, 0.25) is 0 Å². The number of H-pyrrole nitrogens is 1. The van der Waals surface area contributed by atoms with Crippen molar-refractivity contribution in [1.29, 1.82) is 0 Å². The maximum absolute atomic E-state index is 13.3. The number of amides is 1. The van der Waals surface area contributed by atoms with Crippen molar-refractivity contribution < 1.29 is 13.9 Å². The summed E-state index contributed by atoms with van der Waals surface area (Å²) in [4.78, 5) is 15.4. The van der Waals surface area contributed by atoms with Gasteiger partial charge in [-0.3, -0.25) is 4.79 Å². The molecule has 0 saturated carbocycles. The van der Waals surface area contributed by atoms with Crippen LogP contribution in [0.25, 0.3) is 10.9 Å². The van der Waals surface area contributed by atoms with Crippen LogP contribution in [-0.4, -0.2) is 24.5 Å². The number of halogens is 1. The first-order valence-corrected chi connectivity index (χ1v) is 7.78. The van der Waals surface area contributed by atoms with Gasteiger partial charge in [-0.1, -0.05) is 18.2 Å². The Hall–Kier alpha value is -2.82. The second-order valence-corrected chi connectivity index (χ2v) is 5.63. The van der Waals surface area contributed by atoms with Gasteiger partial charge in [-0.05, 0) is 48.7 Å². The number of nitrogens with one attached hydrogen (secondary N) is 2. The number of hydrogen-bond donors (Lipinski definition) is 2. The van der Waals surface area contributed by atoms with Crippen LogP contribution in [0.4, 0.5) is 4.39 Å². The molecule has 24 heavy (non-hydrogen) atoms. The van der Waals surface area contributed by atoms with Gasteiger partial charge in [0.25, 0.3) is 5.91 Å². The lowest BCUT2D eigenvalue weighted by Crippen LogP contribution is -2.26. The summed E-state index contributed by atoms with van der Waals surface area (Å²) in [6, 6.07) is 12.2. The molecule has 0 saturated heterocycles. The van der Waals surface area contributed by atoms with Crippen molar-refractivity contribution in [1.82, 2.24) is 10.3 Å². The van der Waals surface area contributed by atoms with Crippen LogP contribution in [0.15, 0.2) is 42.5 Å². The smallest absolute Gasteiger partial charge is 0.268 e. The van der Waals surface area contributed by atoms with E-state index < -0.39 is 0 Å². The van der Waals surface area contributed by atoms with E-state index in [1.54, 1.807) is 13.2 Å². The Kier molecular flexibility index (Phi) is 4.51. The molecule has 0 bridgehead atoms. The lowest BCUT2D eigenvalue weighted by atomic mass is 10.1. The van der Waals surface area contributed by atoms with Crippen LogP contribution in [0.3, 0.4) is 0 Å². The van der Waals surface area contributed by atoms with Gasteiger partial charge in [-0.15, -0.1) is 0 Å². The average molecular weight is 326 g/mol. The van der Waals surface area contributed by atoms with E-state index in [0.29, 0.717) is 24.2 Å². The molecule has 0 aliphatic rings. The molecule has 1 heterocycles. The molecular formula is C19H19FN2O2. The Balaban J connectivity index is 1.70. The molecule has 0 fully saturated rings. The minimum absolute atomic E-state index is 0.195. The summed E-state index contributed by atoms with van der Waals surface area (Å²) in [5.74, 6) is 0.287. The van der Waals surface area contributed by atoms with Gasteiger partial charge in [-0.25, -0.2) is 4.39 Å². The van der Waals surface area contributed by atoms with Gasteiger partial charge in [-0.2, -0.15) is 0 Å². The SMILES string of the molecule is COc1ccccc1CCNC(=O)c1[nH]c2cc(F)ccc2c1C. The highest BCUT2D eigenvalue weighted by Gasteiger charge is 2.15. The van der Waals surface area contributed by atoms with Crippen LogP contribution in [0.5, 0.6) is 5.75 Å². The van der Waals surface area contributed by atoms with Gasteiger partial charge >= 0.3 is 0 Å². The van der Waals surface area contributed by atoms with Gasteiger partial charge in [0, 0.05) is 17.4 Å². The summed E-state index contributed by atoms with van der Waals surface area (Å²) in [6.07, 6.45) is 0.670. The lowest BCUT2D eigenvalue weighted by Gasteiger charge is -2.09. The third kappa shape index (κ3) is 3.11. The molecule has 2 aromatic carbocycles. The Bertz CT molecular complexity index is 886. The quantitative estimate of drug-likeness (QED) is 0.753. The lowest BCUT2D eigenvalue weighted by molar-refractivity contribution is 0.0949. The maximum atomic E-state index is 13.3. The molecular weight excluding hydrogens is 307 g/mol. The van der Waals surface area contributed by atoms with Crippen molar-refractivity contribution in [2.45, 2.75) is 13.3 Å². The zero-order valence-corrected chi connectivity index (χ0v) is 13.7. The van der Waals surface area contributed by atoms with Crippen LogP contribution < -0.4 is 10.1 Å². The molecule has 1 amide bonds. The number of aromatic amines is 1. The van der Waals surface area contributed by atoms with Gasteiger partial charge in [0.05, 0.1) is 7.11 Å². The topological polar surface area (TPSA) is 54.1 Å². The van der Waals surface area contributed by atoms with Crippen molar-refractivity contribution in [2.24, 2.45) is 0 Å². The van der Waals surface area contributed by atoms with Gasteiger partial charge in [0.1, 0.15) is 17.3 Å². The number of carbonyl (C=O) groups is 1. The summed E-state index contributed by atoms with van der Waals surface area (Å²) in [6.45, 7) is 2.34. The monoisotopic (exact) mass is 326 g/mol. The molecule has 2 N–H and O–H groups in total. The number of methoxy groups -OCH3 is 1. The standard InChI is InChI=1S/C19H19FN2O2/c1-12-15-8-7-14(20)11-16(15)22-18(12)19(23)21-10-9-13-5-3-4-6-17(13)24-2/h3-8,11,22H,9-10H2,1-2H3,(H,21,23). The highest BCUT2D eigenvalue weighted by atomic mass is 19.1. The number of aromatic nitrogens is 1. The number of fused-ring (bicyclic) bond motifs is 1. The van der Waals surface area contributed by atoms with Gasteiger partial charge in [0.15, 0.2) is 0 Å².